The molecule has 4 heteroatoms. The third kappa shape index (κ3) is 3.04. The van der Waals surface area contributed by atoms with E-state index < -0.39 is 0 Å². The Balaban J connectivity index is 2.14. The number of hydrogen-bond donors (Lipinski definition) is 2. The fourth-order valence-electron chi connectivity index (χ4n) is 1.86. The Morgan fingerprint density at radius 1 is 1.21 bits per heavy atom. The minimum Gasteiger partial charge on any atom is -0.508 e. The van der Waals surface area contributed by atoms with Gasteiger partial charge in [-0.05, 0) is 29.8 Å². The summed E-state index contributed by atoms with van der Waals surface area (Å²) in [5.74, 6) is -0.0716. The topological polar surface area (TPSA) is 66.6 Å². The number of nitrogen functional groups attached to an aromatic ring is 1. The molecule has 0 radical (unpaired) electrons. The van der Waals surface area contributed by atoms with E-state index in [2.05, 4.69) is 0 Å². The number of carbonyl (C=O) groups excluding carboxylic acids is 1. The first-order chi connectivity index (χ1) is 9.08. The zero-order valence-corrected chi connectivity index (χ0v) is 10.7. The van der Waals surface area contributed by atoms with Gasteiger partial charge in [0.25, 0.3) is 5.91 Å². The second kappa shape index (κ2) is 5.44. The number of rotatable bonds is 3. The molecular formula is C15H16N2O2. The van der Waals surface area contributed by atoms with Gasteiger partial charge in [-0.15, -0.1) is 0 Å². The van der Waals surface area contributed by atoms with Gasteiger partial charge >= 0.3 is 0 Å². The molecule has 19 heavy (non-hydrogen) atoms. The second-order valence-corrected chi connectivity index (χ2v) is 4.41. The van der Waals surface area contributed by atoms with Crippen molar-refractivity contribution in [2.24, 2.45) is 0 Å². The van der Waals surface area contributed by atoms with Crippen LogP contribution in [0.15, 0.2) is 48.5 Å². The number of nitrogens with two attached hydrogens (primary N) is 1. The molecule has 0 aromatic heterocycles. The zero-order valence-electron chi connectivity index (χ0n) is 10.7. The molecule has 0 fully saturated rings. The molecule has 0 aliphatic rings. The average Bonchev–Trinajstić information content (AvgIpc) is 2.40. The van der Waals surface area contributed by atoms with E-state index in [1.807, 2.05) is 24.3 Å². The summed E-state index contributed by atoms with van der Waals surface area (Å²) in [6.45, 7) is 0.432. The summed E-state index contributed by atoms with van der Waals surface area (Å²) in [5.41, 5.74) is 7.88. The van der Waals surface area contributed by atoms with E-state index in [1.165, 1.54) is 12.1 Å². The van der Waals surface area contributed by atoms with Crippen molar-refractivity contribution in [2.75, 3.05) is 12.8 Å². The van der Waals surface area contributed by atoms with Crippen LogP contribution in [0.5, 0.6) is 5.75 Å². The lowest BCUT2D eigenvalue weighted by atomic mass is 10.1. The molecule has 0 unspecified atom stereocenters. The van der Waals surface area contributed by atoms with Crippen molar-refractivity contribution < 1.29 is 9.90 Å². The van der Waals surface area contributed by atoms with Crippen LogP contribution in [-0.2, 0) is 6.54 Å². The summed E-state index contributed by atoms with van der Waals surface area (Å²) in [7, 11) is 1.71. The van der Waals surface area contributed by atoms with Crippen LogP contribution >= 0.6 is 0 Å². The van der Waals surface area contributed by atoms with Crippen molar-refractivity contribution in [3.05, 3.63) is 59.7 Å². The van der Waals surface area contributed by atoms with Crippen LogP contribution in [0.25, 0.3) is 0 Å². The summed E-state index contributed by atoms with van der Waals surface area (Å²) in [5, 5.41) is 9.39. The van der Waals surface area contributed by atoms with Gasteiger partial charge < -0.3 is 15.7 Å². The van der Waals surface area contributed by atoms with E-state index in [1.54, 1.807) is 24.1 Å². The van der Waals surface area contributed by atoms with Gasteiger partial charge in [0, 0.05) is 24.8 Å². The Hall–Kier alpha value is -2.49. The first-order valence-corrected chi connectivity index (χ1v) is 5.96. The monoisotopic (exact) mass is 256 g/mol. The summed E-state index contributed by atoms with van der Waals surface area (Å²) in [4.78, 5) is 13.8. The second-order valence-electron chi connectivity index (χ2n) is 4.41. The Morgan fingerprint density at radius 3 is 2.63 bits per heavy atom. The molecular weight excluding hydrogens is 240 g/mol. The van der Waals surface area contributed by atoms with Gasteiger partial charge in [0.05, 0.1) is 0 Å². The van der Waals surface area contributed by atoms with Crippen LogP contribution in [0, 0.1) is 0 Å². The van der Waals surface area contributed by atoms with Crippen LogP contribution in [0.1, 0.15) is 15.9 Å². The van der Waals surface area contributed by atoms with E-state index in [-0.39, 0.29) is 11.7 Å². The van der Waals surface area contributed by atoms with Gasteiger partial charge in [0.15, 0.2) is 0 Å². The number of phenols is 1. The predicted octanol–water partition coefficient (Wildman–Crippen LogP) is 2.25. The lowest BCUT2D eigenvalue weighted by Gasteiger charge is -2.18. The smallest absolute Gasteiger partial charge is 0.254 e. The van der Waals surface area contributed by atoms with Gasteiger partial charge in [0.2, 0.25) is 0 Å². The van der Waals surface area contributed by atoms with E-state index >= 15 is 0 Å². The van der Waals surface area contributed by atoms with Crippen molar-refractivity contribution in [1.82, 2.24) is 4.90 Å². The van der Waals surface area contributed by atoms with Crippen molar-refractivity contribution >= 4 is 11.6 Å². The molecule has 0 aliphatic heterocycles. The van der Waals surface area contributed by atoms with Gasteiger partial charge in [-0.25, -0.2) is 0 Å². The Labute approximate surface area is 112 Å². The van der Waals surface area contributed by atoms with E-state index in [0.29, 0.717) is 17.8 Å². The molecule has 0 saturated heterocycles. The fourth-order valence-corrected chi connectivity index (χ4v) is 1.86. The molecule has 2 rings (SSSR count). The average molecular weight is 256 g/mol. The zero-order chi connectivity index (χ0) is 13.8. The number of phenolic OH excluding ortho intramolecular Hbond substituents is 1. The highest BCUT2D eigenvalue weighted by molar-refractivity contribution is 5.94. The van der Waals surface area contributed by atoms with Crippen LogP contribution in [0.4, 0.5) is 5.69 Å². The molecule has 0 bridgehead atoms. The summed E-state index contributed by atoms with van der Waals surface area (Å²) in [6.07, 6.45) is 0. The number of hydrogen-bond acceptors (Lipinski definition) is 3. The number of aromatic hydroxyl groups is 1. The SMILES string of the molecule is CN(Cc1ccccc1N)C(=O)c1cccc(O)c1. The lowest BCUT2D eigenvalue weighted by molar-refractivity contribution is 0.0785. The van der Waals surface area contributed by atoms with E-state index in [9.17, 15) is 9.90 Å². The standard InChI is InChI=1S/C15H16N2O2/c1-17(10-12-5-2-3-8-14(12)16)15(19)11-6-4-7-13(18)9-11/h2-9,18H,10,16H2,1H3. The van der Waals surface area contributed by atoms with Crippen LogP contribution in [0.3, 0.4) is 0 Å². The van der Waals surface area contributed by atoms with Gasteiger partial charge in [-0.1, -0.05) is 24.3 Å². The highest BCUT2D eigenvalue weighted by atomic mass is 16.3. The molecule has 0 atom stereocenters. The Kier molecular flexibility index (Phi) is 3.71. The van der Waals surface area contributed by atoms with Crippen LogP contribution in [0.2, 0.25) is 0 Å². The van der Waals surface area contributed by atoms with Crippen molar-refractivity contribution in [2.45, 2.75) is 6.54 Å². The molecule has 2 aromatic rings. The van der Waals surface area contributed by atoms with E-state index in [4.69, 9.17) is 5.73 Å². The fraction of sp³-hybridized carbons (Fsp3) is 0.133. The number of para-hydroxylation sites is 1. The number of carbonyl (C=O) groups is 1. The normalized spacial score (nSPS) is 10.2. The van der Waals surface area contributed by atoms with Gasteiger partial charge in [0.1, 0.15) is 5.75 Å². The molecule has 2 aromatic carbocycles. The predicted molar refractivity (Wildman–Crippen MR) is 74.8 cm³/mol. The molecule has 1 amide bonds. The third-order valence-corrected chi connectivity index (χ3v) is 2.90. The number of nitrogens with zero attached hydrogens (tertiary/aromatic N) is 1. The molecule has 98 valence electrons. The number of benzene rings is 2. The number of amides is 1. The van der Waals surface area contributed by atoms with E-state index in [0.717, 1.165) is 5.56 Å². The maximum Gasteiger partial charge on any atom is 0.254 e. The first-order valence-electron chi connectivity index (χ1n) is 5.96. The molecule has 0 spiro atoms. The highest BCUT2D eigenvalue weighted by Crippen LogP contribution is 2.16. The molecule has 4 nitrogen and oxygen atoms in total. The molecule has 0 saturated carbocycles. The van der Waals surface area contributed by atoms with Crippen LogP contribution < -0.4 is 5.73 Å². The van der Waals surface area contributed by atoms with Crippen molar-refractivity contribution in [1.29, 1.82) is 0 Å². The lowest BCUT2D eigenvalue weighted by Crippen LogP contribution is -2.26. The van der Waals surface area contributed by atoms with Crippen molar-refractivity contribution in [3.8, 4) is 5.75 Å². The summed E-state index contributed by atoms with van der Waals surface area (Å²) < 4.78 is 0. The quantitative estimate of drug-likeness (QED) is 0.828. The number of anilines is 1. The minimum atomic E-state index is -0.154. The summed E-state index contributed by atoms with van der Waals surface area (Å²) in [6, 6.07) is 13.7. The maximum absolute atomic E-state index is 12.2. The van der Waals surface area contributed by atoms with Gasteiger partial charge in [-0.2, -0.15) is 0 Å². The minimum absolute atomic E-state index is 0.0819. The largest absolute Gasteiger partial charge is 0.508 e. The highest BCUT2D eigenvalue weighted by Gasteiger charge is 2.13. The molecule has 0 aliphatic carbocycles. The van der Waals surface area contributed by atoms with Crippen molar-refractivity contribution in [3.63, 3.8) is 0 Å². The van der Waals surface area contributed by atoms with Crippen LogP contribution in [-0.4, -0.2) is 23.0 Å². The summed E-state index contributed by atoms with van der Waals surface area (Å²) >= 11 is 0. The first kappa shape index (κ1) is 13.0. The van der Waals surface area contributed by atoms with Gasteiger partial charge in [-0.3, -0.25) is 4.79 Å². The Bertz CT molecular complexity index is 596. The molecule has 3 N–H and O–H groups in total. The third-order valence-electron chi connectivity index (χ3n) is 2.90. The molecule has 0 heterocycles. The maximum atomic E-state index is 12.2. The Morgan fingerprint density at radius 2 is 1.95 bits per heavy atom.